The fourth-order valence-corrected chi connectivity index (χ4v) is 3.44. The maximum atomic E-state index is 12.7. The summed E-state index contributed by atoms with van der Waals surface area (Å²) in [7, 11) is -3.92. The van der Waals surface area contributed by atoms with Crippen LogP contribution in [0, 0.1) is 20.8 Å². The summed E-state index contributed by atoms with van der Waals surface area (Å²) in [6, 6.07) is 17.4. The van der Waals surface area contributed by atoms with E-state index in [1.54, 1.807) is 18.2 Å². The molecule has 1 aromatic heterocycles. The van der Waals surface area contributed by atoms with Gasteiger partial charge in [0.15, 0.2) is 0 Å². The van der Waals surface area contributed by atoms with E-state index in [0.29, 0.717) is 5.69 Å². The number of aryl methyl sites for hydroxylation is 3. The Bertz CT molecular complexity index is 1070. The van der Waals surface area contributed by atoms with Crippen LogP contribution >= 0.6 is 0 Å². The number of hydrogen-bond acceptors (Lipinski definition) is 4. The van der Waals surface area contributed by atoms with Crippen molar-refractivity contribution in [2.24, 2.45) is 4.40 Å². The van der Waals surface area contributed by atoms with E-state index in [2.05, 4.69) is 25.0 Å². The number of nitrogens with one attached hydrogen (secondary N) is 2. The number of anilines is 2. The zero-order valence-corrected chi connectivity index (χ0v) is 16.7. The van der Waals surface area contributed by atoms with Crippen molar-refractivity contribution in [1.29, 1.82) is 0 Å². The molecule has 8 heteroatoms. The first-order valence-electron chi connectivity index (χ1n) is 8.65. The average Bonchev–Trinajstić information content (AvgIpc) is 2.63. The number of nitrogens with zero attached hydrogens (tertiary/aromatic N) is 3. The SMILES string of the molecule is Cc1ccc(NC(=NS(=O)(=O)c2ccccc2)Nc2nc(C)cc(C)n2)cc1. The van der Waals surface area contributed by atoms with Crippen molar-refractivity contribution < 1.29 is 8.42 Å². The highest BCUT2D eigenvalue weighted by Crippen LogP contribution is 2.14. The molecule has 0 radical (unpaired) electrons. The van der Waals surface area contributed by atoms with E-state index in [-0.39, 0.29) is 16.8 Å². The van der Waals surface area contributed by atoms with Gasteiger partial charge in [-0.2, -0.15) is 8.42 Å². The average molecular weight is 395 g/mol. The molecule has 28 heavy (non-hydrogen) atoms. The van der Waals surface area contributed by atoms with Crippen molar-refractivity contribution in [3.05, 3.63) is 77.6 Å². The first-order valence-corrected chi connectivity index (χ1v) is 10.1. The minimum atomic E-state index is -3.92. The minimum Gasteiger partial charge on any atom is -0.325 e. The Morgan fingerprint density at radius 2 is 1.46 bits per heavy atom. The maximum absolute atomic E-state index is 12.7. The third-order valence-corrected chi connectivity index (χ3v) is 5.07. The van der Waals surface area contributed by atoms with Gasteiger partial charge in [-0.25, -0.2) is 9.97 Å². The molecule has 0 atom stereocenters. The summed E-state index contributed by atoms with van der Waals surface area (Å²) in [5.74, 6) is 0.275. The summed E-state index contributed by atoms with van der Waals surface area (Å²) in [5.41, 5.74) is 3.29. The number of rotatable bonds is 4. The lowest BCUT2D eigenvalue weighted by atomic mass is 10.2. The van der Waals surface area contributed by atoms with Crippen LogP contribution in [0.15, 0.2) is 70.0 Å². The van der Waals surface area contributed by atoms with E-state index in [0.717, 1.165) is 17.0 Å². The normalized spacial score (nSPS) is 11.9. The van der Waals surface area contributed by atoms with Crippen molar-refractivity contribution in [3.8, 4) is 0 Å². The van der Waals surface area contributed by atoms with Crippen molar-refractivity contribution in [3.63, 3.8) is 0 Å². The molecule has 0 fully saturated rings. The number of sulfonamides is 1. The Morgan fingerprint density at radius 3 is 2.07 bits per heavy atom. The molecule has 3 aromatic rings. The largest absolute Gasteiger partial charge is 0.325 e. The zero-order valence-electron chi connectivity index (χ0n) is 15.8. The summed E-state index contributed by atoms with van der Waals surface area (Å²) in [4.78, 5) is 8.69. The molecular weight excluding hydrogens is 374 g/mol. The van der Waals surface area contributed by atoms with Crippen LogP contribution in [-0.2, 0) is 10.0 Å². The highest BCUT2D eigenvalue weighted by Gasteiger charge is 2.15. The maximum Gasteiger partial charge on any atom is 0.285 e. The van der Waals surface area contributed by atoms with Crippen LogP contribution in [0.1, 0.15) is 17.0 Å². The molecule has 1 heterocycles. The van der Waals surface area contributed by atoms with Crippen LogP contribution in [0.3, 0.4) is 0 Å². The molecule has 0 aliphatic heterocycles. The molecule has 2 aromatic carbocycles. The summed E-state index contributed by atoms with van der Waals surface area (Å²) in [6.07, 6.45) is 0. The fraction of sp³-hybridized carbons (Fsp3) is 0.150. The standard InChI is InChI=1S/C20H21N5O2S/c1-14-9-11-17(12-10-14)23-20(24-19-21-15(2)13-16(3)22-19)25-28(26,27)18-7-5-4-6-8-18/h4-13H,1-3H3,(H2,21,22,23,24,25). The lowest BCUT2D eigenvalue weighted by molar-refractivity contribution is 0.598. The third kappa shape index (κ3) is 5.14. The van der Waals surface area contributed by atoms with Crippen molar-refractivity contribution in [1.82, 2.24) is 9.97 Å². The van der Waals surface area contributed by atoms with E-state index in [1.165, 1.54) is 12.1 Å². The molecule has 0 amide bonds. The Balaban J connectivity index is 1.99. The quantitative estimate of drug-likeness (QED) is 0.517. The number of guanidine groups is 1. The van der Waals surface area contributed by atoms with Gasteiger partial charge in [0.1, 0.15) is 0 Å². The van der Waals surface area contributed by atoms with E-state index >= 15 is 0 Å². The van der Waals surface area contributed by atoms with Crippen molar-refractivity contribution in [2.75, 3.05) is 10.6 Å². The van der Waals surface area contributed by atoms with Crippen LogP contribution in [0.25, 0.3) is 0 Å². The summed E-state index contributed by atoms with van der Waals surface area (Å²) < 4.78 is 29.3. The predicted molar refractivity (Wildman–Crippen MR) is 111 cm³/mol. The van der Waals surface area contributed by atoms with E-state index in [4.69, 9.17) is 0 Å². The number of aromatic nitrogens is 2. The second-order valence-corrected chi connectivity index (χ2v) is 7.92. The topological polar surface area (TPSA) is 96.3 Å². The highest BCUT2D eigenvalue weighted by atomic mass is 32.2. The Labute approximate surface area is 164 Å². The second-order valence-electron chi connectivity index (χ2n) is 6.32. The fourth-order valence-electron chi connectivity index (χ4n) is 2.50. The van der Waals surface area contributed by atoms with Gasteiger partial charge >= 0.3 is 0 Å². The summed E-state index contributed by atoms with van der Waals surface area (Å²) >= 11 is 0. The smallest absolute Gasteiger partial charge is 0.285 e. The van der Waals surface area contributed by atoms with Crippen molar-refractivity contribution >= 4 is 27.6 Å². The van der Waals surface area contributed by atoms with Crippen LogP contribution in [0.5, 0.6) is 0 Å². The summed E-state index contributed by atoms with van der Waals surface area (Å²) in [5, 5.41) is 5.89. The molecule has 0 aliphatic carbocycles. The zero-order chi connectivity index (χ0) is 20.1. The molecule has 0 unspecified atom stereocenters. The van der Waals surface area contributed by atoms with E-state index < -0.39 is 10.0 Å². The molecule has 0 saturated carbocycles. The second kappa shape index (κ2) is 8.18. The van der Waals surface area contributed by atoms with Gasteiger partial charge in [0.05, 0.1) is 4.90 Å². The van der Waals surface area contributed by atoms with Gasteiger partial charge in [0, 0.05) is 17.1 Å². The van der Waals surface area contributed by atoms with Gasteiger partial charge in [-0.1, -0.05) is 35.9 Å². The Kier molecular flexibility index (Phi) is 5.70. The Hall–Kier alpha value is -3.26. The molecule has 0 spiro atoms. The van der Waals surface area contributed by atoms with Gasteiger partial charge in [0.25, 0.3) is 10.0 Å². The van der Waals surface area contributed by atoms with Crippen LogP contribution in [-0.4, -0.2) is 24.3 Å². The third-order valence-electron chi connectivity index (χ3n) is 3.78. The molecule has 7 nitrogen and oxygen atoms in total. The molecule has 2 N–H and O–H groups in total. The molecule has 3 rings (SSSR count). The van der Waals surface area contributed by atoms with Gasteiger partial charge < -0.3 is 5.32 Å². The lowest BCUT2D eigenvalue weighted by Gasteiger charge is -2.12. The van der Waals surface area contributed by atoms with Crippen LogP contribution < -0.4 is 10.6 Å². The number of benzene rings is 2. The van der Waals surface area contributed by atoms with E-state index in [1.807, 2.05) is 51.1 Å². The first kappa shape index (κ1) is 19.5. The number of hydrogen-bond donors (Lipinski definition) is 2. The highest BCUT2D eigenvalue weighted by molar-refractivity contribution is 7.90. The van der Waals surface area contributed by atoms with Gasteiger partial charge in [0.2, 0.25) is 11.9 Å². The summed E-state index contributed by atoms with van der Waals surface area (Å²) in [6.45, 7) is 5.65. The van der Waals surface area contributed by atoms with E-state index in [9.17, 15) is 8.42 Å². The molecule has 0 bridgehead atoms. The molecule has 0 saturated heterocycles. The van der Waals surface area contributed by atoms with Crippen LogP contribution in [0.4, 0.5) is 11.6 Å². The predicted octanol–water partition coefficient (Wildman–Crippen LogP) is 3.67. The van der Waals surface area contributed by atoms with Gasteiger partial charge in [-0.05, 0) is 51.1 Å². The molecule has 0 aliphatic rings. The first-order chi connectivity index (χ1) is 13.3. The van der Waals surface area contributed by atoms with Gasteiger partial charge in [-0.15, -0.1) is 4.40 Å². The monoisotopic (exact) mass is 395 g/mol. The molecular formula is C20H21N5O2S. The van der Waals surface area contributed by atoms with Crippen LogP contribution in [0.2, 0.25) is 0 Å². The molecule has 144 valence electrons. The Morgan fingerprint density at radius 1 is 0.857 bits per heavy atom. The minimum absolute atomic E-state index is 0.0118. The lowest BCUT2D eigenvalue weighted by Crippen LogP contribution is -2.25. The van der Waals surface area contributed by atoms with Gasteiger partial charge in [-0.3, -0.25) is 5.32 Å². The van der Waals surface area contributed by atoms with Crippen molar-refractivity contribution in [2.45, 2.75) is 25.7 Å².